The van der Waals surface area contributed by atoms with Gasteiger partial charge in [-0.05, 0) is 32.0 Å². The Hall–Kier alpha value is -1.75. The van der Waals surface area contributed by atoms with Crippen molar-refractivity contribution >= 4 is 5.78 Å². The number of hydrogen-bond acceptors (Lipinski definition) is 5. The van der Waals surface area contributed by atoms with E-state index in [9.17, 15) is 4.79 Å². The number of ether oxygens (including phenoxy) is 3. The van der Waals surface area contributed by atoms with E-state index in [1.807, 2.05) is 7.05 Å². The Labute approximate surface area is 138 Å². The number of benzene rings is 1. The molecule has 0 radical (unpaired) electrons. The fourth-order valence-electron chi connectivity index (χ4n) is 3.21. The smallest absolute Gasteiger partial charge is 0.203 e. The van der Waals surface area contributed by atoms with Crippen LogP contribution in [-0.2, 0) is 0 Å². The molecule has 0 aliphatic heterocycles. The molecule has 0 saturated heterocycles. The lowest BCUT2D eigenvalue weighted by molar-refractivity contribution is 0.0899. The Morgan fingerprint density at radius 3 is 2.09 bits per heavy atom. The monoisotopic (exact) mass is 321 g/mol. The molecule has 1 aliphatic carbocycles. The Balaban J connectivity index is 2.15. The lowest BCUT2D eigenvalue weighted by atomic mass is 9.94. The van der Waals surface area contributed by atoms with Gasteiger partial charge in [-0.15, -0.1) is 0 Å². The molecule has 0 aromatic heterocycles. The summed E-state index contributed by atoms with van der Waals surface area (Å²) in [5.41, 5.74) is 0.585. The summed E-state index contributed by atoms with van der Waals surface area (Å²) in [4.78, 5) is 14.8. The van der Waals surface area contributed by atoms with Crippen LogP contribution in [0.1, 0.15) is 42.5 Å². The topological polar surface area (TPSA) is 48.0 Å². The van der Waals surface area contributed by atoms with Gasteiger partial charge in [-0.1, -0.05) is 19.3 Å². The molecule has 128 valence electrons. The Bertz CT molecular complexity index is 513. The number of Topliss-reactive ketones (excluding diaryl/α,β-unsaturated/α-hetero) is 1. The van der Waals surface area contributed by atoms with Crippen LogP contribution in [0.3, 0.4) is 0 Å². The van der Waals surface area contributed by atoms with Gasteiger partial charge in [0.05, 0.1) is 27.9 Å². The number of ketones is 1. The fraction of sp³-hybridized carbons (Fsp3) is 0.611. The maximum atomic E-state index is 12.6. The molecule has 0 spiro atoms. The first-order chi connectivity index (χ1) is 11.1. The fourth-order valence-corrected chi connectivity index (χ4v) is 3.21. The maximum Gasteiger partial charge on any atom is 0.203 e. The number of hydrogen-bond donors (Lipinski definition) is 0. The summed E-state index contributed by atoms with van der Waals surface area (Å²) in [6.07, 6.45) is 6.18. The normalized spacial score (nSPS) is 15.5. The third kappa shape index (κ3) is 4.16. The Kier molecular flexibility index (Phi) is 6.28. The minimum atomic E-state index is 0.0670. The van der Waals surface area contributed by atoms with Gasteiger partial charge >= 0.3 is 0 Å². The van der Waals surface area contributed by atoms with Gasteiger partial charge in [0.15, 0.2) is 17.3 Å². The lowest BCUT2D eigenvalue weighted by Crippen LogP contribution is -2.37. The molecule has 1 aliphatic rings. The van der Waals surface area contributed by atoms with Crippen molar-refractivity contribution in [3.05, 3.63) is 17.7 Å². The second kappa shape index (κ2) is 8.20. The van der Waals surface area contributed by atoms with Gasteiger partial charge in [0, 0.05) is 11.6 Å². The number of likely N-dealkylation sites (N-methyl/N-ethyl adjacent to an activating group) is 1. The van der Waals surface area contributed by atoms with Gasteiger partial charge in [0.2, 0.25) is 5.75 Å². The van der Waals surface area contributed by atoms with Gasteiger partial charge in [-0.2, -0.15) is 0 Å². The molecule has 1 saturated carbocycles. The number of methoxy groups -OCH3 is 3. The van der Waals surface area contributed by atoms with Crippen LogP contribution in [0.2, 0.25) is 0 Å². The van der Waals surface area contributed by atoms with E-state index in [4.69, 9.17) is 14.2 Å². The van der Waals surface area contributed by atoms with Crippen LogP contribution in [-0.4, -0.2) is 51.6 Å². The van der Waals surface area contributed by atoms with Crippen molar-refractivity contribution in [2.24, 2.45) is 0 Å². The van der Waals surface area contributed by atoms with Crippen molar-refractivity contribution in [2.45, 2.75) is 38.1 Å². The van der Waals surface area contributed by atoms with E-state index in [0.29, 0.717) is 35.4 Å². The second-order valence-corrected chi connectivity index (χ2v) is 6.04. The first-order valence-electron chi connectivity index (χ1n) is 8.14. The van der Waals surface area contributed by atoms with Crippen molar-refractivity contribution in [1.82, 2.24) is 4.90 Å². The molecule has 5 nitrogen and oxygen atoms in total. The van der Waals surface area contributed by atoms with Gasteiger partial charge in [0.25, 0.3) is 0 Å². The van der Waals surface area contributed by atoms with Crippen LogP contribution in [0.4, 0.5) is 0 Å². The van der Waals surface area contributed by atoms with Crippen LogP contribution in [0.15, 0.2) is 12.1 Å². The maximum absolute atomic E-state index is 12.6. The zero-order valence-electron chi connectivity index (χ0n) is 14.6. The Morgan fingerprint density at radius 1 is 1.04 bits per heavy atom. The van der Waals surface area contributed by atoms with E-state index in [2.05, 4.69) is 4.90 Å². The SMILES string of the molecule is COc1cc(C(=O)CN(C)C2CCCCC2)cc(OC)c1OC. The van der Waals surface area contributed by atoms with E-state index in [1.54, 1.807) is 33.5 Å². The molecule has 0 unspecified atom stereocenters. The quantitative estimate of drug-likeness (QED) is 0.722. The third-order valence-corrected chi connectivity index (χ3v) is 4.58. The standard InChI is InChI=1S/C18H27NO4/c1-19(14-8-6-5-7-9-14)12-15(20)13-10-16(21-2)18(23-4)17(11-13)22-3/h10-11,14H,5-9,12H2,1-4H3. The highest BCUT2D eigenvalue weighted by atomic mass is 16.5. The number of carbonyl (C=O) groups is 1. The molecule has 1 aromatic rings. The molecule has 0 amide bonds. The van der Waals surface area contributed by atoms with Gasteiger partial charge in [-0.3, -0.25) is 9.69 Å². The minimum Gasteiger partial charge on any atom is -0.493 e. The molecule has 1 aromatic carbocycles. The highest BCUT2D eigenvalue weighted by Crippen LogP contribution is 2.38. The molecule has 2 rings (SSSR count). The first kappa shape index (κ1) is 17.6. The van der Waals surface area contributed by atoms with E-state index < -0.39 is 0 Å². The highest BCUT2D eigenvalue weighted by Gasteiger charge is 2.22. The van der Waals surface area contributed by atoms with Crippen molar-refractivity contribution in [3.63, 3.8) is 0 Å². The average molecular weight is 321 g/mol. The zero-order valence-corrected chi connectivity index (χ0v) is 14.6. The highest BCUT2D eigenvalue weighted by molar-refractivity contribution is 5.98. The lowest BCUT2D eigenvalue weighted by Gasteiger charge is -2.30. The molecular weight excluding hydrogens is 294 g/mol. The summed E-state index contributed by atoms with van der Waals surface area (Å²) in [6, 6.07) is 3.95. The van der Waals surface area contributed by atoms with Crippen LogP contribution < -0.4 is 14.2 Å². The molecular formula is C18H27NO4. The molecule has 5 heteroatoms. The zero-order chi connectivity index (χ0) is 16.8. The predicted octanol–water partition coefficient (Wildman–Crippen LogP) is 3.16. The summed E-state index contributed by atoms with van der Waals surface area (Å²) in [5, 5.41) is 0. The van der Waals surface area contributed by atoms with Gasteiger partial charge < -0.3 is 14.2 Å². The van der Waals surface area contributed by atoms with Crippen LogP contribution in [0.5, 0.6) is 17.2 Å². The molecule has 0 bridgehead atoms. The second-order valence-electron chi connectivity index (χ2n) is 6.04. The molecule has 23 heavy (non-hydrogen) atoms. The molecule has 1 fully saturated rings. The molecule has 0 N–H and O–H groups in total. The van der Waals surface area contributed by atoms with E-state index in [1.165, 1.54) is 32.1 Å². The summed E-state index contributed by atoms with van der Waals surface area (Å²) < 4.78 is 15.9. The first-order valence-corrected chi connectivity index (χ1v) is 8.14. The van der Waals surface area contributed by atoms with E-state index in [0.717, 1.165) is 0 Å². The van der Waals surface area contributed by atoms with E-state index in [-0.39, 0.29) is 5.78 Å². The van der Waals surface area contributed by atoms with Crippen molar-refractivity contribution in [2.75, 3.05) is 34.9 Å². The number of carbonyl (C=O) groups excluding carboxylic acids is 1. The van der Waals surface area contributed by atoms with Crippen LogP contribution in [0.25, 0.3) is 0 Å². The third-order valence-electron chi connectivity index (χ3n) is 4.58. The van der Waals surface area contributed by atoms with Crippen molar-refractivity contribution in [1.29, 1.82) is 0 Å². The van der Waals surface area contributed by atoms with E-state index >= 15 is 0 Å². The van der Waals surface area contributed by atoms with Crippen LogP contribution >= 0.6 is 0 Å². The number of rotatable bonds is 7. The molecule has 0 atom stereocenters. The summed E-state index contributed by atoms with van der Waals surface area (Å²) in [6.45, 7) is 0.406. The summed E-state index contributed by atoms with van der Waals surface area (Å²) in [5.74, 6) is 1.59. The largest absolute Gasteiger partial charge is 0.493 e. The van der Waals surface area contributed by atoms with Gasteiger partial charge in [-0.25, -0.2) is 0 Å². The van der Waals surface area contributed by atoms with Gasteiger partial charge in [0.1, 0.15) is 0 Å². The Morgan fingerprint density at radius 2 is 1.61 bits per heavy atom. The minimum absolute atomic E-state index is 0.0670. The summed E-state index contributed by atoms with van der Waals surface area (Å²) in [7, 11) is 6.70. The predicted molar refractivity (Wildman–Crippen MR) is 89.9 cm³/mol. The van der Waals surface area contributed by atoms with Crippen molar-refractivity contribution < 1.29 is 19.0 Å². The average Bonchev–Trinajstić information content (AvgIpc) is 2.60. The van der Waals surface area contributed by atoms with Crippen LogP contribution in [0, 0.1) is 0 Å². The number of nitrogens with zero attached hydrogens (tertiary/aromatic N) is 1. The molecule has 0 heterocycles. The summed E-state index contributed by atoms with van der Waals surface area (Å²) >= 11 is 0. The van der Waals surface area contributed by atoms with Crippen molar-refractivity contribution in [3.8, 4) is 17.2 Å².